The smallest absolute Gasteiger partial charge is 0.322 e. The third-order valence-electron chi connectivity index (χ3n) is 6.04. The Morgan fingerprint density at radius 2 is 1.74 bits per heavy atom. The van der Waals surface area contributed by atoms with E-state index in [1.165, 1.54) is 5.56 Å². The zero-order chi connectivity index (χ0) is 23.9. The number of rotatable bonds is 6. The number of hydrogen-bond acceptors (Lipinski definition) is 5. The molecule has 7 nitrogen and oxygen atoms in total. The number of benzene rings is 2. The molecule has 2 aromatic carbocycles. The summed E-state index contributed by atoms with van der Waals surface area (Å²) in [4.78, 5) is 26.7. The zero-order valence-corrected chi connectivity index (χ0v) is 20.3. The highest BCUT2D eigenvalue weighted by Gasteiger charge is 2.23. The van der Waals surface area contributed by atoms with Crippen molar-refractivity contribution in [2.45, 2.75) is 33.6 Å². The fraction of sp³-hybridized carbons (Fsp3) is 0.370. The summed E-state index contributed by atoms with van der Waals surface area (Å²) in [6, 6.07) is 17.9. The van der Waals surface area contributed by atoms with Gasteiger partial charge in [0, 0.05) is 43.9 Å². The van der Waals surface area contributed by atoms with Crippen LogP contribution in [0.25, 0.3) is 0 Å². The zero-order valence-electron chi connectivity index (χ0n) is 20.3. The number of anilines is 2. The Balaban J connectivity index is 1.49. The van der Waals surface area contributed by atoms with Crippen LogP contribution in [0.1, 0.15) is 36.0 Å². The van der Waals surface area contributed by atoms with Crippen LogP contribution in [0.3, 0.4) is 0 Å². The van der Waals surface area contributed by atoms with Gasteiger partial charge in [0.15, 0.2) is 0 Å². The maximum Gasteiger partial charge on any atom is 0.322 e. The number of para-hydroxylation sites is 2. The first-order chi connectivity index (χ1) is 16.5. The van der Waals surface area contributed by atoms with Crippen molar-refractivity contribution in [1.29, 1.82) is 0 Å². The SMILES string of the molecule is CCOc1ccccc1NC(=O)N1CCCN(c2nc(C)nc(C)c2Cc2ccccc2)CC1. The molecule has 4 rings (SSSR count). The van der Waals surface area contributed by atoms with Crippen molar-refractivity contribution in [3.05, 3.63) is 77.2 Å². The maximum atomic E-state index is 13.1. The van der Waals surface area contributed by atoms with Gasteiger partial charge in [0.1, 0.15) is 17.4 Å². The third-order valence-corrected chi connectivity index (χ3v) is 6.04. The van der Waals surface area contributed by atoms with Crippen molar-refractivity contribution < 1.29 is 9.53 Å². The Morgan fingerprint density at radius 3 is 2.53 bits per heavy atom. The summed E-state index contributed by atoms with van der Waals surface area (Å²) in [5.74, 6) is 2.45. The molecule has 34 heavy (non-hydrogen) atoms. The summed E-state index contributed by atoms with van der Waals surface area (Å²) in [6.07, 6.45) is 1.66. The second-order valence-electron chi connectivity index (χ2n) is 8.51. The van der Waals surface area contributed by atoms with Crippen LogP contribution in [0.15, 0.2) is 54.6 Å². The molecule has 0 saturated carbocycles. The molecule has 0 bridgehead atoms. The Bertz CT molecular complexity index is 1120. The molecule has 1 saturated heterocycles. The highest BCUT2D eigenvalue weighted by molar-refractivity contribution is 5.91. The maximum absolute atomic E-state index is 13.1. The van der Waals surface area contributed by atoms with Gasteiger partial charge in [-0.1, -0.05) is 42.5 Å². The fourth-order valence-corrected chi connectivity index (χ4v) is 4.36. The number of aryl methyl sites for hydroxylation is 2. The number of hydrogen-bond donors (Lipinski definition) is 1. The van der Waals surface area contributed by atoms with Crippen molar-refractivity contribution in [2.75, 3.05) is 43.0 Å². The Labute approximate surface area is 201 Å². The first kappa shape index (κ1) is 23.5. The van der Waals surface area contributed by atoms with Crippen LogP contribution in [0.4, 0.5) is 16.3 Å². The van der Waals surface area contributed by atoms with Gasteiger partial charge in [-0.2, -0.15) is 0 Å². The second kappa shape index (κ2) is 11.0. The lowest BCUT2D eigenvalue weighted by Crippen LogP contribution is -2.38. The largest absolute Gasteiger partial charge is 0.492 e. The van der Waals surface area contributed by atoms with Gasteiger partial charge in [0.2, 0.25) is 0 Å². The lowest BCUT2D eigenvalue weighted by atomic mass is 10.0. The van der Waals surface area contributed by atoms with Crippen molar-refractivity contribution in [3.63, 3.8) is 0 Å². The van der Waals surface area contributed by atoms with E-state index >= 15 is 0 Å². The molecular formula is C27H33N5O2. The van der Waals surface area contributed by atoms with E-state index in [1.54, 1.807) is 0 Å². The van der Waals surface area contributed by atoms with Crippen molar-refractivity contribution in [1.82, 2.24) is 14.9 Å². The van der Waals surface area contributed by atoms with Gasteiger partial charge in [-0.15, -0.1) is 0 Å². The molecule has 1 aliphatic heterocycles. The number of urea groups is 1. The van der Waals surface area contributed by atoms with Gasteiger partial charge in [0.25, 0.3) is 0 Å². The molecule has 2 heterocycles. The molecule has 1 aromatic heterocycles. The minimum atomic E-state index is -0.103. The predicted molar refractivity (Wildman–Crippen MR) is 136 cm³/mol. The van der Waals surface area contributed by atoms with Crippen molar-refractivity contribution in [3.8, 4) is 5.75 Å². The molecule has 0 spiro atoms. The average Bonchev–Trinajstić information content (AvgIpc) is 3.09. The lowest BCUT2D eigenvalue weighted by molar-refractivity contribution is 0.215. The van der Waals surface area contributed by atoms with Gasteiger partial charge in [-0.3, -0.25) is 0 Å². The molecule has 0 aliphatic carbocycles. The highest BCUT2D eigenvalue weighted by atomic mass is 16.5. The Kier molecular flexibility index (Phi) is 7.62. The number of nitrogens with one attached hydrogen (secondary N) is 1. The molecule has 1 fully saturated rings. The summed E-state index contributed by atoms with van der Waals surface area (Å²) < 4.78 is 5.65. The molecule has 0 unspecified atom stereocenters. The van der Waals surface area contributed by atoms with E-state index in [0.717, 1.165) is 48.8 Å². The van der Waals surface area contributed by atoms with E-state index in [-0.39, 0.29) is 6.03 Å². The van der Waals surface area contributed by atoms with Crippen LogP contribution >= 0.6 is 0 Å². The summed E-state index contributed by atoms with van der Waals surface area (Å²) >= 11 is 0. The second-order valence-corrected chi connectivity index (χ2v) is 8.51. The average molecular weight is 460 g/mol. The first-order valence-electron chi connectivity index (χ1n) is 12.0. The van der Waals surface area contributed by atoms with Crippen molar-refractivity contribution >= 4 is 17.5 Å². The topological polar surface area (TPSA) is 70.6 Å². The molecule has 0 atom stereocenters. The van der Waals surface area contributed by atoms with Gasteiger partial charge in [0.05, 0.1) is 12.3 Å². The fourth-order valence-electron chi connectivity index (χ4n) is 4.36. The monoisotopic (exact) mass is 459 g/mol. The quantitative estimate of drug-likeness (QED) is 0.572. The molecule has 3 aromatic rings. The van der Waals surface area contributed by atoms with Crippen LogP contribution in [-0.2, 0) is 6.42 Å². The van der Waals surface area contributed by atoms with E-state index in [0.29, 0.717) is 31.1 Å². The van der Waals surface area contributed by atoms with E-state index in [4.69, 9.17) is 9.72 Å². The third kappa shape index (κ3) is 5.65. The van der Waals surface area contributed by atoms with Gasteiger partial charge in [-0.25, -0.2) is 14.8 Å². The Morgan fingerprint density at radius 1 is 0.971 bits per heavy atom. The van der Waals surface area contributed by atoms with E-state index in [9.17, 15) is 4.79 Å². The van der Waals surface area contributed by atoms with Gasteiger partial charge >= 0.3 is 6.03 Å². The van der Waals surface area contributed by atoms with Crippen LogP contribution in [0.5, 0.6) is 5.75 Å². The van der Waals surface area contributed by atoms with E-state index in [2.05, 4.69) is 46.4 Å². The minimum Gasteiger partial charge on any atom is -0.492 e. The standard InChI is InChI=1S/C27H33N5O2/c1-4-34-25-14-9-8-13-24(25)30-27(33)32-16-10-15-31(17-18-32)26-23(20(2)28-21(3)29-26)19-22-11-6-5-7-12-22/h5-9,11-14H,4,10,15-19H2,1-3H3,(H,30,33). The predicted octanol–water partition coefficient (Wildman–Crippen LogP) is 4.83. The number of aromatic nitrogens is 2. The normalized spacial score (nSPS) is 14.0. The molecular weight excluding hydrogens is 426 g/mol. The minimum absolute atomic E-state index is 0.103. The summed E-state index contributed by atoms with van der Waals surface area (Å²) in [5.41, 5.74) is 4.10. The van der Waals surface area contributed by atoms with Crippen molar-refractivity contribution in [2.24, 2.45) is 0 Å². The molecule has 178 valence electrons. The number of carbonyl (C=O) groups excluding carboxylic acids is 1. The van der Waals surface area contributed by atoms with Crippen LogP contribution in [-0.4, -0.2) is 53.7 Å². The van der Waals surface area contributed by atoms with Crippen LogP contribution in [0.2, 0.25) is 0 Å². The molecule has 1 aliphatic rings. The number of nitrogens with zero attached hydrogens (tertiary/aromatic N) is 4. The first-order valence-corrected chi connectivity index (χ1v) is 12.0. The van der Waals surface area contributed by atoms with E-state index in [1.807, 2.05) is 49.1 Å². The highest BCUT2D eigenvalue weighted by Crippen LogP contribution is 2.26. The summed E-state index contributed by atoms with van der Waals surface area (Å²) in [5, 5.41) is 3.03. The lowest BCUT2D eigenvalue weighted by Gasteiger charge is -2.26. The van der Waals surface area contributed by atoms with Gasteiger partial charge < -0.3 is 19.9 Å². The molecule has 7 heteroatoms. The van der Waals surface area contributed by atoms with E-state index < -0.39 is 0 Å². The number of amides is 2. The Hall–Kier alpha value is -3.61. The number of carbonyl (C=O) groups is 1. The van der Waals surface area contributed by atoms with Crippen LogP contribution in [0, 0.1) is 13.8 Å². The van der Waals surface area contributed by atoms with Gasteiger partial charge in [-0.05, 0) is 44.9 Å². The molecule has 2 amide bonds. The number of ether oxygens (including phenoxy) is 1. The molecule has 0 radical (unpaired) electrons. The summed E-state index contributed by atoms with van der Waals surface area (Å²) in [7, 11) is 0. The van der Waals surface area contributed by atoms with Crippen LogP contribution < -0.4 is 15.0 Å². The summed E-state index contributed by atoms with van der Waals surface area (Å²) in [6.45, 7) is 9.36. The molecule has 1 N–H and O–H groups in total.